The molecule has 0 aliphatic heterocycles. The Hall–Kier alpha value is -1.51. The highest BCUT2D eigenvalue weighted by Crippen LogP contribution is 2.30. The van der Waals surface area contributed by atoms with Crippen molar-refractivity contribution < 1.29 is 13.2 Å². The molecule has 19 heavy (non-hydrogen) atoms. The van der Waals surface area contributed by atoms with Crippen LogP contribution in [0, 0.1) is 18.8 Å². The first-order chi connectivity index (χ1) is 8.77. The van der Waals surface area contributed by atoms with Crippen molar-refractivity contribution in [1.82, 2.24) is 0 Å². The molecule has 0 amide bonds. The highest BCUT2D eigenvalue weighted by Gasteiger charge is 2.18. The van der Waals surface area contributed by atoms with E-state index >= 15 is 0 Å². The third kappa shape index (κ3) is 3.98. The second-order valence-electron chi connectivity index (χ2n) is 4.57. The number of rotatable bonds is 4. The predicted molar refractivity (Wildman–Crippen MR) is 75.6 cm³/mol. The first kappa shape index (κ1) is 15.5. The summed E-state index contributed by atoms with van der Waals surface area (Å²) in [4.78, 5) is 0.161. The molecular formula is C14H19NO3S. The lowest BCUT2D eigenvalue weighted by Crippen LogP contribution is -2.16. The van der Waals surface area contributed by atoms with E-state index in [1.54, 1.807) is 26.0 Å². The molecule has 0 fully saturated rings. The minimum Gasteiger partial charge on any atom is -0.481 e. The second-order valence-corrected chi connectivity index (χ2v) is 6.10. The highest BCUT2D eigenvalue weighted by atomic mass is 32.2. The van der Waals surface area contributed by atoms with Crippen LogP contribution < -0.4 is 9.88 Å². The van der Waals surface area contributed by atoms with Gasteiger partial charge in [-0.05, 0) is 43.0 Å². The predicted octanol–water partition coefficient (Wildman–Crippen LogP) is 2.17. The molecule has 1 rings (SSSR count). The van der Waals surface area contributed by atoms with E-state index in [0.717, 1.165) is 5.56 Å². The van der Waals surface area contributed by atoms with Crippen molar-refractivity contribution in [3.8, 4) is 17.6 Å². The highest BCUT2D eigenvalue weighted by molar-refractivity contribution is 7.89. The van der Waals surface area contributed by atoms with Crippen molar-refractivity contribution in [3.05, 3.63) is 23.3 Å². The average molecular weight is 281 g/mol. The van der Waals surface area contributed by atoms with Gasteiger partial charge in [-0.3, -0.25) is 0 Å². The summed E-state index contributed by atoms with van der Waals surface area (Å²) in [7, 11) is -3.73. The van der Waals surface area contributed by atoms with Crippen LogP contribution in [-0.4, -0.2) is 15.0 Å². The van der Waals surface area contributed by atoms with E-state index in [4.69, 9.17) is 9.88 Å². The summed E-state index contributed by atoms with van der Waals surface area (Å²) in [5.41, 5.74) is 1.39. The molecule has 0 bridgehead atoms. The number of ether oxygens (including phenoxy) is 1. The fourth-order valence-electron chi connectivity index (χ4n) is 1.72. The summed E-state index contributed by atoms with van der Waals surface area (Å²) in [6.45, 7) is 7.63. The molecule has 0 atom stereocenters. The first-order valence-corrected chi connectivity index (χ1v) is 7.51. The lowest BCUT2D eigenvalue weighted by atomic mass is 10.0. The second kappa shape index (κ2) is 6.09. The molecular weight excluding hydrogens is 262 g/mol. The summed E-state index contributed by atoms with van der Waals surface area (Å²) < 4.78 is 28.7. The minimum atomic E-state index is -3.73. The number of hydrogen-bond donors (Lipinski definition) is 1. The van der Waals surface area contributed by atoms with Gasteiger partial charge in [0.05, 0.1) is 4.90 Å². The molecule has 0 unspecified atom stereocenters. The zero-order valence-electron chi connectivity index (χ0n) is 11.6. The molecule has 1 aromatic rings. The van der Waals surface area contributed by atoms with Gasteiger partial charge in [-0.15, -0.1) is 5.92 Å². The van der Waals surface area contributed by atoms with E-state index in [1.807, 2.05) is 13.8 Å². The van der Waals surface area contributed by atoms with Crippen molar-refractivity contribution in [2.24, 2.45) is 5.14 Å². The van der Waals surface area contributed by atoms with Crippen LogP contribution in [0.15, 0.2) is 17.0 Å². The summed E-state index contributed by atoms with van der Waals surface area (Å²) in [6, 6.07) is 3.29. The van der Waals surface area contributed by atoms with Crippen LogP contribution in [-0.2, 0) is 10.0 Å². The smallest absolute Gasteiger partial charge is 0.238 e. The molecule has 0 saturated heterocycles. The first-order valence-electron chi connectivity index (χ1n) is 5.97. The molecule has 0 aromatic heterocycles. The number of sulfonamides is 1. The third-order valence-electron chi connectivity index (χ3n) is 2.71. The Morgan fingerprint density at radius 2 is 2.00 bits per heavy atom. The maximum absolute atomic E-state index is 11.6. The van der Waals surface area contributed by atoms with Crippen LogP contribution in [0.4, 0.5) is 0 Å². The van der Waals surface area contributed by atoms with E-state index in [9.17, 15) is 8.42 Å². The molecule has 0 spiro atoms. The average Bonchev–Trinajstić information content (AvgIpc) is 2.29. The van der Waals surface area contributed by atoms with Crippen molar-refractivity contribution in [1.29, 1.82) is 0 Å². The minimum absolute atomic E-state index is 0.0357. The van der Waals surface area contributed by atoms with Gasteiger partial charge in [0.25, 0.3) is 0 Å². The SMILES string of the molecule is CC#CCOc1cc(C(C)C)c(S(N)(=O)=O)cc1C. The molecule has 2 N–H and O–H groups in total. The van der Waals surface area contributed by atoms with Gasteiger partial charge < -0.3 is 4.74 Å². The molecule has 0 radical (unpaired) electrons. The number of primary sulfonamides is 1. The molecule has 0 aliphatic carbocycles. The number of hydrogen-bond acceptors (Lipinski definition) is 3. The van der Waals surface area contributed by atoms with Crippen LogP contribution in [0.5, 0.6) is 5.75 Å². The molecule has 0 aliphatic rings. The van der Waals surface area contributed by atoms with Crippen LogP contribution in [0.25, 0.3) is 0 Å². The van der Waals surface area contributed by atoms with E-state index < -0.39 is 10.0 Å². The molecule has 0 heterocycles. The van der Waals surface area contributed by atoms with E-state index in [-0.39, 0.29) is 17.4 Å². The van der Waals surface area contributed by atoms with Gasteiger partial charge in [-0.25, -0.2) is 13.6 Å². The largest absolute Gasteiger partial charge is 0.481 e. The number of benzene rings is 1. The van der Waals surface area contributed by atoms with E-state index in [2.05, 4.69) is 11.8 Å². The lowest BCUT2D eigenvalue weighted by Gasteiger charge is -2.15. The fraction of sp³-hybridized carbons (Fsp3) is 0.429. The van der Waals surface area contributed by atoms with Crippen molar-refractivity contribution in [2.75, 3.05) is 6.61 Å². The summed E-state index contributed by atoms with van der Waals surface area (Å²) >= 11 is 0. The van der Waals surface area contributed by atoms with Gasteiger partial charge in [-0.1, -0.05) is 19.8 Å². The monoisotopic (exact) mass is 281 g/mol. The Labute approximate surface area is 115 Å². The summed E-state index contributed by atoms with van der Waals surface area (Å²) in [6.07, 6.45) is 0. The standard InChI is InChI=1S/C14H19NO3S/c1-5-6-7-18-13-9-12(10(2)3)14(8-11(13)4)19(15,16)17/h8-10H,7H2,1-4H3,(H2,15,16,17). The fourth-order valence-corrected chi connectivity index (χ4v) is 2.68. The maximum Gasteiger partial charge on any atom is 0.238 e. The van der Waals surface area contributed by atoms with Gasteiger partial charge in [-0.2, -0.15) is 0 Å². The summed E-state index contributed by atoms with van der Waals surface area (Å²) in [5.74, 6) is 6.22. The molecule has 4 nitrogen and oxygen atoms in total. The van der Waals surface area contributed by atoms with Gasteiger partial charge in [0, 0.05) is 0 Å². The van der Waals surface area contributed by atoms with Crippen molar-refractivity contribution in [3.63, 3.8) is 0 Å². The Morgan fingerprint density at radius 1 is 1.37 bits per heavy atom. The summed E-state index contributed by atoms with van der Waals surface area (Å²) in [5, 5.41) is 5.25. The van der Waals surface area contributed by atoms with Crippen LogP contribution in [0.2, 0.25) is 0 Å². The normalized spacial score (nSPS) is 11.1. The van der Waals surface area contributed by atoms with Crippen LogP contribution in [0.1, 0.15) is 37.8 Å². The van der Waals surface area contributed by atoms with Gasteiger partial charge in [0.1, 0.15) is 12.4 Å². The molecule has 1 aromatic carbocycles. The zero-order chi connectivity index (χ0) is 14.6. The lowest BCUT2D eigenvalue weighted by molar-refractivity contribution is 0.366. The van der Waals surface area contributed by atoms with Gasteiger partial charge in [0.2, 0.25) is 10.0 Å². The number of nitrogens with two attached hydrogens (primary N) is 1. The van der Waals surface area contributed by atoms with Crippen LogP contribution >= 0.6 is 0 Å². The van der Waals surface area contributed by atoms with Gasteiger partial charge in [0.15, 0.2) is 0 Å². The van der Waals surface area contributed by atoms with E-state index in [0.29, 0.717) is 11.3 Å². The molecule has 5 heteroatoms. The third-order valence-corrected chi connectivity index (χ3v) is 3.68. The van der Waals surface area contributed by atoms with E-state index in [1.165, 1.54) is 0 Å². The number of aryl methyl sites for hydroxylation is 1. The zero-order valence-corrected chi connectivity index (χ0v) is 12.5. The van der Waals surface area contributed by atoms with Crippen molar-refractivity contribution in [2.45, 2.75) is 38.5 Å². The Bertz CT molecular complexity index is 622. The van der Waals surface area contributed by atoms with Crippen molar-refractivity contribution >= 4 is 10.0 Å². The maximum atomic E-state index is 11.6. The van der Waals surface area contributed by atoms with Gasteiger partial charge >= 0.3 is 0 Å². The van der Waals surface area contributed by atoms with Crippen LogP contribution in [0.3, 0.4) is 0 Å². The Kier molecular flexibility index (Phi) is 4.98. The molecule has 0 saturated carbocycles. The Morgan fingerprint density at radius 3 is 2.47 bits per heavy atom. The topological polar surface area (TPSA) is 69.4 Å². The Balaban J connectivity index is 3.31. The quantitative estimate of drug-likeness (QED) is 0.860. The molecule has 104 valence electrons.